The van der Waals surface area contributed by atoms with Gasteiger partial charge < -0.3 is 4.74 Å². The molecule has 0 N–H and O–H groups in total. The normalized spacial score (nSPS) is 21.2. The summed E-state index contributed by atoms with van der Waals surface area (Å²) in [5.41, 5.74) is 2.40. The van der Waals surface area contributed by atoms with E-state index < -0.39 is 0 Å². The molecule has 0 aromatic heterocycles. The van der Waals surface area contributed by atoms with E-state index in [2.05, 4.69) is 18.2 Å². The van der Waals surface area contributed by atoms with Crippen LogP contribution in [0.4, 0.5) is 0 Å². The van der Waals surface area contributed by atoms with Gasteiger partial charge in [0.2, 0.25) is 0 Å². The van der Waals surface area contributed by atoms with Gasteiger partial charge in [0.15, 0.2) is 0 Å². The van der Waals surface area contributed by atoms with Gasteiger partial charge in [-0.15, -0.1) is 0 Å². The predicted octanol–water partition coefficient (Wildman–Crippen LogP) is 3.34. The molecule has 1 atom stereocenters. The highest BCUT2D eigenvalue weighted by Gasteiger charge is 2.15. The Morgan fingerprint density at radius 3 is 2.79 bits per heavy atom. The number of benzene rings is 1. The minimum Gasteiger partial charge on any atom is -0.466 e. The van der Waals surface area contributed by atoms with Gasteiger partial charge in [0, 0.05) is 6.42 Å². The van der Waals surface area contributed by atoms with Crippen LogP contribution in [0.25, 0.3) is 0 Å². The Bertz CT molecular complexity index is 476. The van der Waals surface area contributed by atoms with Gasteiger partial charge in [-0.25, -0.2) is 0 Å². The summed E-state index contributed by atoms with van der Waals surface area (Å²) in [6.45, 7) is 0.430. The number of aryl methyl sites for hydroxylation is 1. The van der Waals surface area contributed by atoms with Crippen LogP contribution in [0.1, 0.15) is 49.1 Å². The monoisotopic (exact) mass is 257 g/mol. The zero-order chi connectivity index (χ0) is 13.5. The SMILES string of the molecule is N#CC1CCCOC(=O)CCCCc2ccccc21. The Balaban J connectivity index is 2.17. The second kappa shape index (κ2) is 6.94. The third-order valence-corrected chi connectivity index (χ3v) is 3.56. The summed E-state index contributed by atoms with van der Waals surface area (Å²) in [6, 6.07) is 10.6. The minimum absolute atomic E-state index is 0.0886. The van der Waals surface area contributed by atoms with E-state index in [4.69, 9.17) is 4.74 Å². The van der Waals surface area contributed by atoms with Gasteiger partial charge in [-0.1, -0.05) is 24.3 Å². The number of carbonyl (C=O) groups excluding carboxylic acids is 1. The van der Waals surface area contributed by atoms with E-state index in [-0.39, 0.29) is 11.9 Å². The quantitative estimate of drug-likeness (QED) is 0.670. The lowest BCUT2D eigenvalue weighted by atomic mass is 9.89. The van der Waals surface area contributed by atoms with Crippen molar-refractivity contribution in [1.82, 2.24) is 0 Å². The van der Waals surface area contributed by atoms with Crippen LogP contribution < -0.4 is 0 Å². The number of cyclic esters (lactones) is 1. The Morgan fingerprint density at radius 2 is 1.95 bits per heavy atom. The Kier molecular flexibility index (Phi) is 4.97. The van der Waals surface area contributed by atoms with Gasteiger partial charge in [-0.05, 0) is 43.2 Å². The summed E-state index contributed by atoms with van der Waals surface area (Å²) >= 11 is 0. The van der Waals surface area contributed by atoms with Crippen molar-refractivity contribution in [2.75, 3.05) is 6.61 Å². The van der Waals surface area contributed by atoms with Crippen LogP contribution in [0.15, 0.2) is 24.3 Å². The van der Waals surface area contributed by atoms with E-state index >= 15 is 0 Å². The summed E-state index contributed by atoms with van der Waals surface area (Å²) in [5.74, 6) is -0.198. The largest absolute Gasteiger partial charge is 0.466 e. The molecule has 0 radical (unpaired) electrons. The molecule has 1 aliphatic heterocycles. The lowest BCUT2D eigenvalue weighted by Crippen LogP contribution is -2.09. The molecule has 1 unspecified atom stereocenters. The summed E-state index contributed by atoms with van der Waals surface area (Å²) in [4.78, 5) is 11.4. The smallest absolute Gasteiger partial charge is 0.305 e. The molecule has 3 heteroatoms. The van der Waals surface area contributed by atoms with Crippen LogP contribution in [0.5, 0.6) is 0 Å². The van der Waals surface area contributed by atoms with Crippen LogP contribution in [0, 0.1) is 11.3 Å². The molecular weight excluding hydrogens is 238 g/mol. The Hall–Kier alpha value is -1.82. The van der Waals surface area contributed by atoms with Gasteiger partial charge >= 0.3 is 5.97 Å². The molecule has 1 aromatic carbocycles. The number of nitrogens with zero attached hydrogens (tertiary/aromatic N) is 1. The molecule has 3 nitrogen and oxygen atoms in total. The van der Waals surface area contributed by atoms with Crippen molar-refractivity contribution >= 4 is 5.97 Å². The molecule has 19 heavy (non-hydrogen) atoms. The Labute approximate surface area is 114 Å². The lowest BCUT2D eigenvalue weighted by molar-refractivity contribution is -0.143. The molecule has 0 spiro atoms. The van der Waals surface area contributed by atoms with Crippen molar-refractivity contribution in [3.8, 4) is 6.07 Å². The maximum Gasteiger partial charge on any atom is 0.305 e. The number of hydrogen-bond acceptors (Lipinski definition) is 3. The van der Waals surface area contributed by atoms with Gasteiger partial charge in [0.05, 0.1) is 18.6 Å². The molecule has 1 aliphatic rings. The van der Waals surface area contributed by atoms with Gasteiger partial charge in [0.25, 0.3) is 0 Å². The molecule has 0 aliphatic carbocycles. The Morgan fingerprint density at radius 1 is 1.16 bits per heavy atom. The van der Waals surface area contributed by atoms with E-state index in [1.165, 1.54) is 5.56 Å². The number of ether oxygens (including phenoxy) is 1. The molecule has 0 saturated carbocycles. The highest BCUT2D eigenvalue weighted by Crippen LogP contribution is 2.26. The molecule has 2 rings (SSSR count). The van der Waals surface area contributed by atoms with Gasteiger partial charge in [-0.3, -0.25) is 4.79 Å². The van der Waals surface area contributed by atoms with Crippen LogP contribution >= 0.6 is 0 Å². The number of carbonyl (C=O) groups is 1. The van der Waals surface area contributed by atoms with Gasteiger partial charge in [0.1, 0.15) is 0 Å². The van der Waals surface area contributed by atoms with E-state index in [1.54, 1.807) is 0 Å². The fourth-order valence-corrected chi connectivity index (χ4v) is 2.52. The number of hydrogen-bond donors (Lipinski definition) is 0. The second-order valence-corrected chi connectivity index (χ2v) is 4.95. The molecule has 100 valence electrons. The number of esters is 1. The van der Waals surface area contributed by atoms with Crippen molar-refractivity contribution in [2.24, 2.45) is 0 Å². The zero-order valence-electron chi connectivity index (χ0n) is 11.1. The van der Waals surface area contributed by atoms with E-state index in [9.17, 15) is 10.1 Å². The zero-order valence-corrected chi connectivity index (χ0v) is 11.1. The average Bonchev–Trinajstić information content (AvgIpc) is 2.43. The lowest BCUT2D eigenvalue weighted by Gasteiger charge is -2.16. The van der Waals surface area contributed by atoms with E-state index in [1.807, 2.05) is 12.1 Å². The first kappa shape index (κ1) is 13.6. The third-order valence-electron chi connectivity index (χ3n) is 3.56. The molecule has 0 fully saturated rings. The van der Waals surface area contributed by atoms with E-state index in [0.717, 1.165) is 37.7 Å². The van der Waals surface area contributed by atoms with Crippen molar-refractivity contribution in [2.45, 2.75) is 44.4 Å². The molecule has 0 amide bonds. The summed E-state index contributed by atoms with van der Waals surface area (Å²) in [5, 5.41) is 9.34. The maximum absolute atomic E-state index is 11.4. The topological polar surface area (TPSA) is 50.1 Å². The molecular formula is C16H19NO2. The van der Waals surface area contributed by atoms with Crippen molar-refractivity contribution in [3.05, 3.63) is 35.4 Å². The van der Waals surface area contributed by atoms with Crippen LogP contribution in [-0.4, -0.2) is 12.6 Å². The number of fused-ring (bicyclic) bond motifs is 1. The molecule has 1 aromatic rings. The first-order valence-corrected chi connectivity index (χ1v) is 6.94. The number of nitriles is 1. The van der Waals surface area contributed by atoms with Crippen LogP contribution in [0.2, 0.25) is 0 Å². The van der Waals surface area contributed by atoms with Crippen LogP contribution in [0.3, 0.4) is 0 Å². The highest BCUT2D eigenvalue weighted by molar-refractivity contribution is 5.69. The standard InChI is InChI=1S/C16H19NO2/c17-12-14-8-5-11-19-16(18)10-4-2-7-13-6-1-3-9-15(13)14/h1,3,6,9,14H,2,4-5,7-8,10-11H2. The average molecular weight is 257 g/mol. The third kappa shape index (κ3) is 3.82. The second-order valence-electron chi connectivity index (χ2n) is 4.95. The summed E-state index contributed by atoms with van der Waals surface area (Å²) < 4.78 is 5.15. The first-order chi connectivity index (χ1) is 9.31. The fraction of sp³-hybridized carbons (Fsp3) is 0.500. The maximum atomic E-state index is 11.4. The fourth-order valence-electron chi connectivity index (χ4n) is 2.52. The minimum atomic E-state index is -0.109. The van der Waals surface area contributed by atoms with Crippen molar-refractivity contribution in [3.63, 3.8) is 0 Å². The molecule has 0 saturated heterocycles. The van der Waals surface area contributed by atoms with Crippen molar-refractivity contribution < 1.29 is 9.53 Å². The van der Waals surface area contributed by atoms with E-state index in [0.29, 0.717) is 13.0 Å². The first-order valence-electron chi connectivity index (χ1n) is 6.94. The molecule has 0 bridgehead atoms. The highest BCUT2D eigenvalue weighted by atomic mass is 16.5. The molecule has 1 heterocycles. The summed E-state index contributed by atoms with van der Waals surface area (Å²) in [7, 11) is 0. The summed E-state index contributed by atoms with van der Waals surface area (Å²) in [6.07, 6.45) is 4.75. The van der Waals surface area contributed by atoms with Crippen LogP contribution in [-0.2, 0) is 16.0 Å². The van der Waals surface area contributed by atoms with Gasteiger partial charge in [-0.2, -0.15) is 5.26 Å². The predicted molar refractivity (Wildman–Crippen MR) is 72.5 cm³/mol. The number of rotatable bonds is 0. The van der Waals surface area contributed by atoms with Crippen molar-refractivity contribution in [1.29, 1.82) is 5.26 Å².